The zero-order chi connectivity index (χ0) is 17.1. The van der Waals surface area contributed by atoms with Gasteiger partial charge in [0.25, 0.3) is 0 Å². The lowest BCUT2D eigenvalue weighted by Crippen LogP contribution is -2.39. The van der Waals surface area contributed by atoms with Gasteiger partial charge in [-0.1, -0.05) is 12.1 Å². The number of amides is 1. The van der Waals surface area contributed by atoms with Crippen molar-refractivity contribution in [2.45, 2.75) is 24.8 Å². The van der Waals surface area contributed by atoms with Gasteiger partial charge in [-0.25, -0.2) is 0 Å². The molecule has 10 heteroatoms. The first kappa shape index (κ1) is 17.8. The van der Waals surface area contributed by atoms with Crippen LogP contribution in [0, 0.1) is 0 Å². The van der Waals surface area contributed by atoms with E-state index in [1.54, 1.807) is 0 Å². The number of benzene rings is 1. The summed E-state index contributed by atoms with van der Waals surface area (Å²) >= 11 is 0. The molecule has 0 radical (unpaired) electrons. The molecule has 4 nitrogen and oxygen atoms in total. The fraction of sp³-hybridized carbons (Fsp3) is 0.333. The van der Waals surface area contributed by atoms with Crippen LogP contribution in [0.2, 0.25) is 0 Å². The second kappa shape index (κ2) is 6.24. The zero-order valence-electron chi connectivity index (χ0n) is 10.6. The van der Waals surface area contributed by atoms with Gasteiger partial charge in [0.05, 0.1) is 18.0 Å². The number of carboxylic acids is 1. The quantitative estimate of drug-likeness (QED) is 0.835. The molecule has 0 saturated carbocycles. The Balaban J connectivity index is 3.02. The Morgan fingerprint density at radius 1 is 1.05 bits per heavy atom. The van der Waals surface area contributed by atoms with Crippen molar-refractivity contribution in [3.63, 3.8) is 0 Å². The van der Waals surface area contributed by atoms with Crippen molar-refractivity contribution in [1.29, 1.82) is 0 Å². The highest BCUT2D eigenvalue weighted by Gasteiger charge is 2.40. The molecule has 0 saturated heterocycles. The molecule has 0 fully saturated rings. The molecule has 0 aliphatic heterocycles. The number of halogens is 6. The van der Waals surface area contributed by atoms with Gasteiger partial charge in [-0.3, -0.25) is 9.59 Å². The summed E-state index contributed by atoms with van der Waals surface area (Å²) in [4.78, 5) is 21.5. The van der Waals surface area contributed by atoms with E-state index in [4.69, 9.17) is 5.11 Å². The summed E-state index contributed by atoms with van der Waals surface area (Å²) in [5.41, 5.74) is -1.24. The van der Waals surface area contributed by atoms with Gasteiger partial charge >= 0.3 is 24.2 Å². The number of hydrogen-bond donors (Lipinski definition) is 2. The number of hydrogen-bond acceptors (Lipinski definition) is 2. The number of aliphatic carboxylic acids is 1. The van der Waals surface area contributed by atoms with Gasteiger partial charge in [0, 0.05) is 0 Å². The Bertz CT molecular complexity index is 549. The molecule has 0 unspecified atom stereocenters. The van der Waals surface area contributed by atoms with Crippen molar-refractivity contribution < 1.29 is 41.0 Å². The Morgan fingerprint density at radius 3 is 1.91 bits per heavy atom. The lowest BCUT2D eigenvalue weighted by atomic mass is 10.0. The molecule has 1 rings (SSSR count). The number of carbonyl (C=O) groups is 2. The minimum absolute atomic E-state index is 0.187. The van der Waals surface area contributed by atoms with Gasteiger partial charge in [-0.15, -0.1) is 0 Å². The van der Waals surface area contributed by atoms with Crippen molar-refractivity contribution in [1.82, 2.24) is 5.32 Å². The second-order valence-corrected chi connectivity index (χ2v) is 4.24. The largest absolute Gasteiger partial charge is 0.481 e. The van der Waals surface area contributed by atoms with Crippen LogP contribution >= 0.6 is 0 Å². The first-order valence-corrected chi connectivity index (χ1v) is 5.68. The summed E-state index contributed by atoms with van der Waals surface area (Å²) in [5.74, 6) is -3.90. The van der Waals surface area contributed by atoms with Crippen LogP contribution in [-0.4, -0.2) is 23.2 Å². The molecule has 1 aromatic rings. The molecule has 0 spiro atoms. The van der Waals surface area contributed by atoms with E-state index in [9.17, 15) is 35.9 Å². The van der Waals surface area contributed by atoms with Crippen molar-refractivity contribution in [3.05, 3.63) is 35.4 Å². The van der Waals surface area contributed by atoms with Gasteiger partial charge in [0.15, 0.2) is 0 Å². The second-order valence-electron chi connectivity index (χ2n) is 4.24. The third kappa shape index (κ3) is 4.93. The Labute approximate surface area is 119 Å². The highest BCUT2D eigenvalue weighted by molar-refractivity contribution is 5.82. The summed E-state index contributed by atoms with van der Waals surface area (Å²) in [7, 11) is 0. The van der Waals surface area contributed by atoms with Crippen LogP contribution in [0.25, 0.3) is 0 Å². The molecule has 122 valence electrons. The van der Waals surface area contributed by atoms with Gasteiger partial charge in [-0.05, 0) is 17.7 Å². The maximum absolute atomic E-state index is 12.4. The average Bonchev–Trinajstić information content (AvgIpc) is 2.35. The number of carboxylic acid groups (broad SMARTS) is 1. The number of rotatable bonds is 4. The number of alkyl halides is 6. The van der Waals surface area contributed by atoms with Crippen molar-refractivity contribution in [2.75, 3.05) is 0 Å². The third-order valence-electron chi connectivity index (χ3n) is 2.58. The number of nitrogens with one attached hydrogen (secondary N) is 1. The standard InChI is InChI=1S/C12H9F6NO3/c13-11(14,15)7-3-1-6(2-4-7)8(5-9(20)21)19-10(22)12(16,17)18/h1-4,8H,5H2,(H,19,22)(H,20,21)/t8-/m1/s1. The summed E-state index contributed by atoms with van der Waals surface area (Å²) in [5, 5.41) is 10.1. The topological polar surface area (TPSA) is 66.4 Å². The summed E-state index contributed by atoms with van der Waals surface area (Å²) in [6, 6.07) is 1.20. The van der Waals surface area contributed by atoms with E-state index in [0.29, 0.717) is 12.1 Å². The normalized spacial score (nSPS) is 13.5. The first-order valence-electron chi connectivity index (χ1n) is 5.68. The van der Waals surface area contributed by atoms with E-state index < -0.39 is 42.3 Å². The van der Waals surface area contributed by atoms with E-state index in [-0.39, 0.29) is 5.56 Å². The summed E-state index contributed by atoms with van der Waals surface area (Å²) < 4.78 is 73.7. The van der Waals surface area contributed by atoms with Gasteiger partial charge < -0.3 is 10.4 Å². The fourth-order valence-electron chi connectivity index (χ4n) is 1.57. The van der Waals surface area contributed by atoms with E-state index in [1.165, 1.54) is 5.32 Å². The molecule has 0 heterocycles. The maximum atomic E-state index is 12.4. The van der Waals surface area contributed by atoms with Crippen molar-refractivity contribution >= 4 is 11.9 Å². The van der Waals surface area contributed by atoms with Crippen molar-refractivity contribution in [2.24, 2.45) is 0 Å². The molecule has 0 aliphatic rings. The third-order valence-corrected chi connectivity index (χ3v) is 2.58. The van der Waals surface area contributed by atoms with Crippen LogP contribution < -0.4 is 5.32 Å². The molecule has 2 N–H and O–H groups in total. The van der Waals surface area contributed by atoms with Gasteiger partial charge in [-0.2, -0.15) is 26.3 Å². The van der Waals surface area contributed by atoms with Gasteiger partial charge in [0.1, 0.15) is 0 Å². The highest BCUT2D eigenvalue weighted by Crippen LogP contribution is 2.30. The maximum Gasteiger partial charge on any atom is 0.471 e. The average molecular weight is 329 g/mol. The molecule has 0 bridgehead atoms. The van der Waals surface area contributed by atoms with Crippen LogP contribution in [0.4, 0.5) is 26.3 Å². The minimum Gasteiger partial charge on any atom is -0.481 e. The Kier molecular flexibility index (Phi) is 5.05. The molecule has 1 amide bonds. The monoisotopic (exact) mass is 329 g/mol. The molecular formula is C12H9F6NO3. The van der Waals surface area contributed by atoms with E-state index in [0.717, 1.165) is 12.1 Å². The minimum atomic E-state index is -5.23. The molecule has 0 aromatic heterocycles. The highest BCUT2D eigenvalue weighted by atomic mass is 19.4. The predicted molar refractivity (Wildman–Crippen MR) is 60.6 cm³/mol. The number of carbonyl (C=O) groups excluding carboxylic acids is 1. The van der Waals surface area contributed by atoms with E-state index in [1.807, 2.05) is 0 Å². The lowest BCUT2D eigenvalue weighted by Gasteiger charge is -2.19. The summed E-state index contributed by atoms with van der Waals surface area (Å²) in [6.07, 6.45) is -10.8. The molecule has 1 aromatic carbocycles. The van der Waals surface area contributed by atoms with Crippen LogP contribution in [-0.2, 0) is 15.8 Å². The molecule has 1 atom stereocenters. The molecular weight excluding hydrogens is 320 g/mol. The zero-order valence-corrected chi connectivity index (χ0v) is 10.6. The Hall–Kier alpha value is -2.26. The van der Waals surface area contributed by atoms with Crippen LogP contribution in [0.1, 0.15) is 23.6 Å². The Morgan fingerprint density at radius 2 is 1.55 bits per heavy atom. The van der Waals surface area contributed by atoms with Crippen LogP contribution in [0.5, 0.6) is 0 Å². The van der Waals surface area contributed by atoms with E-state index in [2.05, 4.69) is 0 Å². The predicted octanol–water partition coefficient (Wildman–Crippen LogP) is 2.90. The van der Waals surface area contributed by atoms with Gasteiger partial charge in [0.2, 0.25) is 0 Å². The van der Waals surface area contributed by atoms with Crippen molar-refractivity contribution in [3.8, 4) is 0 Å². The smallest absolute Gasteiger partial charge is 0.471 e. The molecule has 22 heavy (non-hydrogen) atoms. The lowest BCUT2D eigenvalue weighted by molar-refractivity contribution is -0.174. The molecule has 0 aliphatic carbocycles. The first-order chi connectivity index (χ1) is 9.91. The SMILES string of the molecule is O=C(O)C[C@@H](NC(=O)C(F)(F)F)c1ccc(C(F)(F)F)cc1. The fourth-order valence-corrected chi connectivity index (χ4v) is 1.57. The van der Waals surface area contributed by atoms with Crippen LogP contribution in [0.3, 0.4) is 0 Å². The summed E-state index contributed by atoms with van der Waals surface area (Å²) in [6.45, 7) is 0. The van der Waals surface area contributed by atoms with Crippen LogP contribution in [0.15, 0.2) is 24.3 Å². The van der Waals surface area contributed by atoms with E-state index >= 15 is 0 Å².